The van der Waals surface area contributed by atoms with Crippen LogP contribution in [0.2, 0.25) is 0 Å². The van der Waals surface area contributed by atoms with Crippen molar-refractivity contribution in [1.82, 2.24) is 16.3 Å². The van der Waals surface area contributed by atoms with Gasteiger partial charge >= 0.3 is 0 Å². The van der Waals surface area contributed by atoms with Gasteiger partial charge in [-0.15, -0.1) is 0 Å². The smallest absolute Gasteiger partial charge is 0.266 e. The summed E-state index contributed by atoms with van der Waals surface area (Å²) in [7, 11) is 0. The van der Waals surface area contributed by atoms with E-state index in [4.69, 9.17) is 17.5 Å². The van der Waals surface area contributed by atoms with Gasteiger partial charge in [0.1, 0.15) is 0 Å². The first-order valence-electron chi connectivity index (χ1n) is 4.72. The van der Waals surface area contributed by atoms with Gasteiger partial charge in [0.25, 0.3) is 17.7 Å². The predicted octanol–water partition coefficient (Wildman–Crippen LogP) is -2.50. The van der Waals surface area contributed by atoms with Crippen molar-refractivity contribution in [2.75, 3.05) is 0 Å². The summed E-state index contributed by atoms with van der Waals surface area (Å²) < 4.78 is 0. The van der Waals surface area contributed by atoms with Gasteiger partial charge in [0.05, 0.1) is 16.7 Å². The topological polar surface area (TPSA) is 165 Å². The minimum absolute atomic E-state index is 0.0958. The third-order valence-corrected chi connectivity index (χ3v) is 2.17. The predicted molar refractivity (Wildman–Crippen MR) is 61.4 cm³/mol. The number of nitrogens with one attached hydrogen (secondary N) is 3. The number of carbonyl (C=O) groups excluding carboxylic acids is 3. The van der Waals surface area contributed by atoms with Gasteiger partial charge in [-0.05, 0) is 12.1 Å². The lowest BCUT2D eigenvalue weighted by atomic mass is 9.99. The highest BCUT2D eigenvalue weighted by molar-refractivity contribution is 6.13. The average Bonchev–Trinajstić information content (AvgIpc) is 2.43. The van der Waals surface area contributed by atoms with Crippen LogP contribution in [-0.2, 0) is 0 Å². The fourth-order valence-corrected chi connectivity index (χ4v) is 1.40. The first kappa shape index (κ1) is 13.6. The van der Waals surface area contributed by atoms with Crippen LogP contribution in [0.1, 0.15) is 31.1 Å². The van der Waals surface area contributed by atoms with E-state index in [-0.39, 0.29) is 16.7 Å². The fraction of sp³-hybridized carbons (Fsp3) is 0. The van der Waals surface area contributed by atoms with E-state index in [2.05, 4.69) is 0 Å². The Morgan fingerprint density at radius 2 is 1.17 bits per heavy atom. The Morgan fingerprint density at radius 1 is 0.778 bits per heavy atom. The molecule has 96 valence electrons. The van der Waals surface area contributed by atoms with Crippen molar-refractivity contribution in [2.45, 2.75) is 0 Å². The highest BCUT2D eigenvalue weighted by atomic mass is 16.2. The number of amides is 3. The van der Waals surface area contributed by atoms with Gasteiger partial charge in [0, 0.05) is 0 Å². The summed E-state index contributed by atoms with van der Waals surface area (Å²) in [6.45, 7) is 0. The van der Waals surface area contributed by atoms with Gasteiger partial charge in [0.2, 0.25) is 0 Å². The van der Waals surface area contributed by atoms with Gasteiger partial charge in [-0.25, -0.2) is 17.5 Å². The molecule has 9 heteroatoms. The molecule has 1 rings (SSSR count). The van der Waals surface area contributed by atoms with E-state index in [9.17, 15) is 14.4 Å². The van der Waals surface area contributed by atoms with Crippen molar-refractivity contribution < 1.29 is 14.4 Å². The Morgan fingerprint density at radius 3 is 1.50 bits per heavy atom. The van der Waals surface area contributed by atoms with Gasteiger partial charge in [-0.1, -0.05) is 6.07 Å². The second-order valence-electron chi connectivity index (χ2n) is 3.15. The van der Waals surface area contributed by atoms with E-state index >= 15 is 0 Å². The maximum Gasteiger partial charge on any atom is 0.266 e. The van der Waals surface area contributed by atoms with Crippen LogP contribution in [0, 0.1) is 0 Å². The molecule has 0 radical (unpaired) electrons. The molecule has 0 bridgehead atoms. The first-order valence-corrected chi connectivity index (χ1v) is 4.72. The van der Waals surface area contributed by atoms with E-state index in [1.165, 1.54) is 18.2 Å². The van der Waals surface area contributed by atoms with Crippen molar-refractivity contribution >= 4 is 17.7 Å². The molecular formula is C9H12N6O3. The summed E-state index contributed by atoms with van der Waals surface area (Å²) in [5, 5.41) is 0. The van der Waals surface area contributed by atoms with E-state index < -0.39 is 17.7 Å². The molecule has 0 fully saturated rings. The third kappa shape index (κ3) is 2.43. The molecule has 3 amide bonds. The maximum absolute atomic E-state index is 11.6. The number of nitrogen functional groups attached to an aromatic ring is 3. The van der Waals surface area contributed by atoms with Crippen LogP contribution < -0.4 is 33.8 Å². The zero-order valence-corrected chi connectivity index (χ0v) is 9.19. The molecule has 9 N–H and O–H groups in total. The van der Waals surface area contributed by atoms with E-state index in [1.807, 2.05) is 16.3 Å². The molecular weight excluding hydrogens is 240 g/mol. The summed E-state index contributed by atoms with van der Waals surface area (Å²) >= 11 is 0. The minimum Gasteiger partial charge on any atom is -0.290 e. The zero-order valence-electron chi connectivity index (χ0n) is 9.19. The van der Waals surface area contributed by atoms with Crippen LogP contribution in [0.4, 0.5) is 0 Å². The molecule has 1 aromatic rings. The molecule has 0 aromatic heterocycles. The lowest BCUT2D eigenvalue weighted by Gasteiger charge is -2.11. The molecule has 9 nitrogen and oxygen atoms in total. The standard InChI is InChI=1S/C9H12N6O3/c10-13-7(16)4-2-1-3-5(8(17)14-11)6(4)9(18)15-12/h1-3H,10-12H2,(H,13,16)(H,14,17)(H,15,18). The summed E-state index contributed by atoms with van der Waals surface area (Å²) in [5.74, 6) is 12.7. The summed E-state index contributed by atoms with van der Waals surface area (Å²) in [4.78, 5) is 34.6. The zero-order chi connectivity index (χ0) is 13.7. The van der Waals surface area contributed by atoms with E-state index in [1.54, 1.807) is 0 Å². The Hall–Kier alpha value is -2.49. The highest BCUT2D eigenvalue weighted by Crippen LogP contribution is 2.15. The first-order chi connectivity index (χ1) is 8.56. The van der Waals surface area contributed by atoms with E-state index in [0.717, 1.165) is 0 Å². The van der Waals surface area contributed by atoms with Crippen molar-refractivity contribution in [3.05, 3.63) is 34.9 Å². The molecule has 0 aliphatic rings. The van der Waals surface area contributed by atoms with Crippen molar-refractivity contribution in [3.63, 3.8) is 0 Å². The third-order valence-electron chi connectivity index (χ3n) is 2.17. The normalized spacial score (nSPS) is 9.50. The molecule has 1 aromatic carbocycles. The molecule has 0 saturated carbocycles. The number of hydrogen-bond acceptors (Lipinski definition) is 6. The second-order valence-corrected chi connectivity index (χ2v) is 3.15. The molecule has 0 heterocycles. The molecule has 0 saturated heterocycles. The highest BCUT2D eigenvalue weighted by Gasteiger charge is 2.23. The number of hydrogen-bond donors (Lipinski definition) is 6. The number of carbonyl (C=O) groups is 3. The van der Waals surface area contributed by atoms with Crippen molar-refractivity contribution in [2.24, 2.45) is 17.5 Å². The molecule has 18 heavy (non-hydrogen) atoms. The van der Waals surface area contributed by atoms with Crippen LogP contribution in [0.15, 0.2) is 18.2 Å². The number of benzene rings is 1. The van der Waals surface area contributed by atoms with Crippen LogP contribution in [0.5, 0.6) is 0 Å². The quantitative estimate of drug-likeness (QED) is 0.197. The Balaban J connectivity index is 3.49. The number of hydrazine groups is 3. The lowest BCUT2D eigenvalue weighted by molar-refractivity contribution is 0.0905. The minimum atomic E-state index is -0.812. The lowest BCUT2D eigenvalue weighted by Crippen LogP contribution is -2.38. The molecule has 0 atom stereocenters. The largest absolute Gasteiger partial charge is 0.290 e. The molecule has 0 unspecified atom stereocenters. The fourth-order valence-electron chi connectivity index (χ4n) is 1.40. The summed E-state index contributed by atoms with van der Waals surface area (Å²) in [5.41, 5.74) is 5.16. The van der Waals surface area contributed by atoms with Crippen molar-refractivity contribution in [1.29, 1.82) is 0 Å². The van der Waals surface area contributed by atoms with Crippen LogP contribution >= 0.6 is 0 Å². The van der Waals surface area contributed by atoms with Crippen molar-refractivity contribution in [3.8, 4) is 0 Å². The van der Waals surface area contributed by atoms with Crippen LogP contribution in [0.25, 0.3) is 0 Å². The van der Waals surface area contributed by atoms with Gasteiger partial charge in [0.15, 0.2) is 0 Å². The SMILES string of the molecule is NNC(=O)c1cccc(C(=O)NN)c1C(=O)NN. The van der Waals surface area contributed by atoms with Crippen LogP contribution in [-0.4, -0.2) is 17.7 Å². The molecule has 0 aliphatic carbocycles. The van der Waals surface area contributed by atoms with Crippen LogP contribution in [0.3, 0.4) is 0 Å². The second kappa shape index (κ2) is 5.72. The van der Waals surface area contributed by atoms with Gasteiger partial charge in [-0.3, -0.25) is 30.7 Å². The van der Waals surface area contributed by atoms with Gasteiger partial charge in [-0.2, -0.15) is 0 Å². The maximum atomic E-state index is 11.6. The molecule has 0 aliphatic heterocycles. The number of nitrogens with two attached hydrogens (primary N) is 3. The summed E-state index contributed by atoms with van der Waals surface area (Å²) in [6, 6.07) is 4.04. The average molecular weight is 252 g/mol. The summed E-state index contributed by atoms with van der Waals surface area (Å²) in [6.07, 6.45) is 0. The van der Waals surface area contributed by atoms with E-state index in [0.29, 0.717) is 0 Å². The Labute approximate surface area is 102 Å². The molecule has 0 spiro atoms. The Kier molecular flexibility index (Phi) is 4.32. The number of rotatable bonds is 3. The Bertz CT molecular complexity index is 467. The van der Waals surface area contributed by atoms with Gasteiger partial charge < -0.3 is 0 Å². The monoisotopic (exact) mass is 252 g/mol.